The lowest BCUT2D eigenvalue weighted by atomic mass is 9.98. The molecule has 6 heteroatoms. The van der Waals surface area contributed by atoms with Gasteiger partial charge >= 0.3 is 0 Å². The predicted octanol–water partition coefficient (Wildman–Crippen LogP) is 4.42. The first-order valence-electron chi connectivity index (χ1n) is 5.03. The maximum absolute atomic E-state index is 4.59. The molecule has 3 nitrogen and oxygen atoms in total. The minimum absolute atomic E-state index is 0.0617. The fourth-order valence-corrected chi connectivity index (χ4v) is 3.19. The Balaban J connectivity index is 2.44. The minimum Gasteiger partial charge on any atom is -0.237 e. The van der Waals surface area contributed by atoms with Crippen LogP contribution in [0.1, 0.15) is 25.8 Å². The number of rotatable bonds is 1. The quantitative estimate of drug-likeness (QED) is 0.691. The summed E-state index contributed by atoms with van der Waals surface area (Å²) in [5, 5.41) is 3.08. The molecule has 0 saturated heterocycles. The molecule has 90 valence electrons. The van der Waals surface area contributed by atoms with Crippen molar-refractivity contribution < 1.29 is 0 Å². The van der Waals surface area contributed by atoms with Crippen LogP contribution in [0.3, 0.4) is 0 Å². The molecule has 0 radical (unpaired) electrons. The van der Waals surface area contributed by atoms with Crippen molar-refractivity contribution in [3.05, 3.63) is 25.7 Å². The van der Waals surface area contributed by atoms with Gasteiger partial charge in [-0.05, 0) is 31.9 Å². The van der Waals surface area contributed by atoms with Gasteiger partial charge in [-0.15, -0.1) is 11.3 Å². The van der Waals surface area contributed by atoms with Gasteiger partial charge in [-0.2, -0.15) is 0 Å². The maximum Gasteiger partial charge on any atom is 0.181 e. The van der Waals surface area contributed by atoms with E-state index in [1.165, 1.54) is 0 Å². The Morgan fingerprint density at radius 3 is 2.12 bits per heavy atom. The average molecular weight is 377 g/mol. The predicted molar refractivity (Wildman–Crippen MR) is 77.2 cm³/mol. The van der Waals surface area contributed by atoms with Gasteiger partial charge in [0, 0.05) is 16.9 Å². The normalized spacial score (nSPS) is 11.8. The van der Waals surface area contributed by atoms with Gasteiger partial charge in [0.15, 0.2) is 5.82 Å². The van der Waals surface area contributed by atoms with E-state index in [-0.39, 0.29) is 5.41 Å². The Labute approximate surface area is 121 Å². The third-order valence-electron chi connectivity index (χ3n) is 2.04. The Morgan fingerprint density at radius 2 is 1.65 bits per heavy atom. The van der Waals surface area contributed by atoms with Crippen LogP contribution in [0.4, 0.5) is 0 Å². The van der Waals surface area contributed by atoms with Crippen LogP contribution < -0.4 is 0 Å². The molecule has 0 fully saturated rings. The van der Waals surface area contributed by atoms with E-state index in [9.17, 15) is 0 Å². The lowest BCUT2D eigenvalue weighted by Crippen LogP contribution is -2.10. The van der Waals surface area contributed by atoms with Crippen molar-refractivity contribution in [2.45, 2.75) is 26.2 Å². The first kappa shape index (κ1) is 13.1. The summed E-state index contributed by atoms with van der Waals surface area (Å²) in [6, 6.07) is 1.81. The van der Waals surface area contributed by atoms with Crippen molar-refractivity contribution in [3.8, 4) is 11.5 Å². The second-order valence-electron chi connectivity index (χ2n) is 4.62. The molecule has 2 heterocycles. The highest BCUT2D eigenvalue weighted by atomic mass is 79.9. The van der Waals surface area contributed by atoms with Crippen LogP contribution in [0.2, 0.25) is 0 Å². The second-order valence-corrected chi connectivity index (χ2v) is 7.11. The van der Waals surface area contributed by atoms with E-state index in [2.05, 4.69) is 67.6 Å². The topological polar surface area (TPSA) is 38.7 Å². The molecule has 0 amide bonds. The number of aromatic nitrogens is 3. The molecule has 0 atom stereocenters. The molecule has 2 rings (SSSR count). The van der Waals surface area contributed by atoms with Gasteiger partial charge in [-0.3, -0.25) is 0 Å². The van der Waals surface area contributed by atoms with Crippen molar-refractivity contribution in [1.82, 2.24) is 15.0 Å². The fraction of sp³-hybridized carbons (Fsp3) is 0.364. The average Bonchev–Trinajstić information content (AvgIpc) is 2.63. The van der Waals surface area contributed by atoms with Gasteiger partial charge in [-0.25, -0.2) is 15.0 Å². The molecule has 0 unspecified atom stereocenters. The fourth-order valence-electron chi connectivity index (χ4n) is 1.23. The van der Waals surface area contributed by atoms with Gasteiger partial charge in [0.1, 0.15) is 14.9 Å². The summed E-state index contributed by atoms with van der Waals surface area (Å²) in [6.07, 6.45) is 0. The molecular weight excluding hydrogens is 366 g/mol. The van der Waals surface area contributed by atoms with Gasteiger partial charge in [0.2, 0.25) is 0 Å². The zero-order valence-corrected chi connectivity index (χ0v) is 13.6. The summed E-state index contributed by atoms with van der Waals surface area (Å²) in [7, 11) is 0. The van der Waals surface area contributed by atoms with Crippen LogP contribution in [0.25, 0.3) is 11.5 Å². The molecule has 2 aromatic rings. The van der Waals surface area contributed by atoms with Crippen molar-refractivity contribution >= 4 is 43.2 Å². The number of halogens is 2. The van der Waals surface area contributed by atoms with E-state index >= 15 is 0 Å². The van der Waals surface area contributed by atoms with Gasteiger partial charge in [0.25, 0.3) is 0 Å². The van der Waals surface area contributed by atoms with Crippen LogP contribution in [-0.4, -0.2) is 15.0 Å². The summed E-state index contributed by atoms with van der Waals surface area (Å²) in [6.45, 7) is 6.44. The summed E-state index contributed by atoms with van der Waals surface area (Å²) >= 11 is 8.34. The van der Waals surface area contributed by atoms with Crippen LogP contribution in [0.15, 0.2) is 20.7 Å². The van der Waals surface area contributed by atoms with Crippen molar-refractivity contribution in [1.29, 1.82) is 0 Å². The van der Waals surface area contributed by atoms with Crippen LogP contribution in [-0.2, 0) is 5.41 Å². The zero-order chi connectivity index (χ0) is 12.6. The molecule has 0 bridgehead atoms. The Bertz CT molecular complexity index is 526. The molecule has 0 spiro atoms. The molecule has 0 N–H and O–H groups in total. The molecule has 0 aliphatic carbocycles. The van der Waals surface area contributed by atoms with Gasteiger partial charge < -0.3 is 0 Å². The molecule has 0 aromatic carbocycles. The minimum atomic E-state index is 0.0617. The number of nitrogens with zero attached hydrogens (tertiary/aromatic N) is 3. The molecule has 17 heavy (non-hydrogen) atoms. The summed E-state index contributed by atoms with van der Waals surface area (Å²) < 4.78 is 1.50. The SMILES string of the molecule is CC(C)(C)c1nc(-c2nc(Br)cc(Br)n2)cs1. The summed E-state index contributed by atoms with van der Waals surface area (Å²) in [5.41, 5.74) is 0.883. The first-order chi connectivity index (χ1) is 7.86. The van der Waals surface area contributed by atoms with Crippen LogP contribution >= 0.6 is 43.2 Å². The zero-order valence-electron chi connectivity index (χ0n) is 9.66. The molecule has 2 aromatic heterocycles. The van der Waals surface area contributed by atoms with E-state index in [1.54, 1.807) is 17.4 Å². The molecular formula is C11H11Br2N3S. The molecule has 0 aliphatic rings. The summed E-state index contributed by atoms with van der Waals surface area (Å²) in [4.78, 5) is 13.2. The van der Waals surface area contributed by atoms with E-state index in [0.717, 1.165) is 19.9 Å². The monoisotopic (exact) mass is 375 g/mol. The van der Waals surface area contributed by atoms with E-state index in [0.29, 0.717) is 5.82 Å². The Hall–Kier alpha value is -0.330. The first-order valence-corrected chi connectivity index (χ1v) is 7.49. The Morgan fingerprint density at radius 1 is 1.06 bits per heavy atom. The lowest BCUT2D eigenvalue weighted by Gasteiger charge is -2.13. The number of hydrogen-bond donors (Lipinski definition) is 0. The van der Waals surface area contributed by atoms with Crippen LogP contribution in [0.5, 0.6) is 0 Å². The van der Waals surface area contributed by atoms with Crippen molar-refractivity contribution in [3.63, 3.8) is 0 Å². The largest absolute Gasteiger partial charge is 0.237 e. The maximum atomic E-state index is 4.59. The number of thiazole rings is 1. The van der Waals surface area contributed by atoms with Crippen LogP contribution in [0, 0.1) is 0 Å². The van der Waals surface area contributed by atoms with Gasteiger partial charge in [0.05, 0.1) is 5.01 Å². The van der Waals surface area contributed by atoms with Crippen molar-refractivity contribution in [2.24, 2.45) is 0 Å². The molecule has 0 aliphatic heterocycles. The van der Waals surface area contributed by atoms with E-state index < -0.39 is 0 Å². The van der Waals surface area contributed by atoms with Crippen molar-refractivity contribution in [2.75, 3.05) is 0 Å². The standard InChI is InChI=1S/C11H11Br2N3S/c1-11(2,3)10-14-6(5-17-10)9-15-7(12)4-8(13)16-9/h4-5H,1-3H3. The smallest absolute Gasteiger partial charge is 0.181 e. The highest BCUT2D eigenvalue weighted by molar-refractivity contribution is 9.11. The second kappa shape index (κ2) is 4.74. The highest BCUT2D eigenvalue weighted by Gasteiger charge is 2.19. The van der Waals surface area contributed by atoms with E-state index in [4.69, 9.17) is 0 Å². The third kappa shape index (κ3) is 3.11. The highest BCUT2D eigenvalue weighted by Crippen LogP contribution is 2.29. The Kier molecular flexibility index (Phi) is 3.66. The summed E-state index contributed by atoms with van der Waals surface area (Å²) in [5.74, 6) is 0.637. The van der Waals surface area contributed by atoms with Gasteiger partial charge in [-0.1, -0.05) is 20.8 Å². The van der Waals surface area contributed by atoms with E-state index in [1.807, 2.05) is 5.38 Å². The molecule has 0 saturated carbocycles. The lowest BCUT2D eigenvalue weighted by molar-refractivity contribution is 0.586. The third-order valence-corrected chi connectivity index (χ3v) is 4.12. The number of hydrogen-bond acceptors (Lipinski definition) is 4.